The fourth-order valence-electron chi connectivity index (χ4n) is 6.27. The molecule has 0 saturated carbocycles. The van der Waals surface area contributed by atoms with Crippen molar-refractivity contribution >= 4 is 22.8 Å². The molecule has 0 atom stereocenters. The third kappa shape index (κ3) is 5.37. The molecule has 3 aliphatic rings. The van der Waals surface area contributed by atoms with Crippen LogP contribution in [0.4, 0.5) is 5.95 Å². The first-order chi connectivity index (χ1) is 17.4. The molecule has 3 fully saturated rings. The van der Waals surface area contributed by atoms with Crippen LogP contribution in [-0.4, -0.2) is 95.5 Å². The fourth-order valence-corrected chi connectivity index (χ4v) is 6.27. The van der Waals surface area contributed by atoms with Gasteiger partial charge in [0.2, 0.25) is 11.9 Å². The van der Waals surface area contributed by atoms with Crippen molar-refractivity contribution in [2.24, 2.45) is 5.92 Å². The van der Waals surface area contributed by atoms with Gasteiger partial charge in [0.25, 0.3) is 0 Å². The van der Waals surface area contributed by atoms with Crippen LogP contribution in [0.5, 0.6) is 0 Å². The number of aryl methyl sites for hydroxylation is 1. The highest BCUT2D eigenvalue weighted by Gasteiger charge is 2.33. The average Bonchev–Trinajstić information content (AvgIpc) is 2.92. The van der Waals surface area contributed by atoms with Gasteiger partial charge in [-0.2, -0.15) is 0 Å². The van der Waals surface area contributed by atoms with Gasteiger partial charge in [0.1, 0.15) is 0 Å². The second-order valence-electron chi connectivity index (χ2n) is 11.3. The van der Waals surface area contributed by atoms with E-state index in [1.165, 1.54) is 31.7 Å². The largest absolute Gasteiger partial charge is 0.342 e. The summed E-state index contributed by atoms with van der Waals surface area (Å²) < 4.78 is 0. The van der Waals surface area contributed by atoms with Crippen molar-refractivity contribution in [1.82, 2.24) is 24.7 Å². The van der Waals surface area contributed by atoms with E-state index in [0.29, 0.717) is 17.9 Å². The highest BCUT2D eigenvalue weighted by molar-refractivity contribution is 5.83. The number of piperidine rings is 2. The first-order valence-corrected chi connectivity index (χ1v) is 14.2. The average molecular weight is 493 g/mol. The highest BCUT2D eigenvalue weighted by Crippen LogP contribution is 2.28. The number of benzene rings is 1. The Hall–Kier alpha value is -2.25. The summed E-state index contributed by atoms with van der Waals surface area (Å²) in [5.74, 6) is 1.82. The molecule has 1 amide bonds. The number of hydrogen-bond acceptors (Lipinski definition) is 6. The monoisotopic (exact) mass is 492 g/mol. The highest BCUT2D eigenvalue weighted by atomic mass is 16.2. The van der Waals surface area contributed by atoms with Gasteiger partial charge >= 0.3 is 0 Å². The maximum atomic E-state index is 13.3. The lowest BCUT2D eigenvalue weighted by atomic mass is 9.93. The minimum Gasteiger partial charge on any atom is -0.342 e. The van der Waals surface area contributed by atoms with Crippen molar-refractivity contribution in [3.05, 3.63) is 29.5 Å². The van der Waals surface area contributed by atoms with E-state index in [4.69, 9.17) is 9.97 Å². The summed E-state index contributed by atoms with van der Waals surface area (Å²) >= 11 is 0. The molecule has 0 unspecified atom stereocenters. The molecule has 36 heavy (non-hydrogen) atoms. The number of amides is 1. The third-order valence-electron chi connectivity index (χ3n) is 8.84. The van der Waals surface area contributed by atoms with Crippen LogP contribution >= 0.6 is 0 Å². The topological polar surface area (TPSA) is 55.8 Å². The predicted molar refractivity (Wildman–Crippen MR) is 147 cm³/mol. The van der Waals surface area contributed by atoms with E-state index in [-0.39, 0.29) is 5.92 Å². The molecule has 7 nitrogen and oxygen atoms in total. The van der Waals surface area contributed by atoms with Gasteiger partial charge in [-0.05, 0) is 62.8 Å². The number of likely N-dealkylation sites (N-methyl/N-ethyl adjacent to an activating group) is 1. The molecule has 3 saturated heterocycles. The van der Waals surface area contributed by atoms with E-state index in [2.05, 4.69) is 65.5 Å². The summed E-state index contributed by atoms with van der Waals surface area (Å²) in [6, 6.07) is 7.20. The van der Waals surface area contributed by atoms with E-state index in [1.807, 2.05) is 0 Å². The molecular weight excluding hydrogens is 448 g/mol. The molecule has 1 aromatic carbocycles. The minimum atomic E-state index is 0.140. The predicted octanol–water partition coefficient (Wildman–Crippen LogP) is 3.91. The molecule has 1 aromatic heterocycles. The Morgan fingerprint density at radius 1 is 0.944 bits per heavy atom. The molecule has 3 aliphatic heterocycles. The Balaban J connectivity index is 1.13. The van der Waals surface area contributed by atoms with Gasteiger partial charge in [-0.15, -0.1) is 0 Å². The Labute approximate surface area is 216 Å². The Kier molecular flexibility index (Phi) is 7.77. The smallest absolute Gasteiger partial charge is 0.226 e. The summed E-state index contributed by atoms with van der Waals surface area (Å²) in [6.07, 6.45) is 4.04. The lowest BCUT2D eigenvalue weighted by molar-refractivity contribution is -0.137. The van der Waals surface area contributed by atoms with Crippen molar-refractivity contribution in [1.29, 1.82) is 0 Å². The van der Waals surface area contributed by atoms with Crippen LogP contribution in [0, 0.1) is 12.8 Å². The molecule has 7 heteroatoms. The SMILES string of the molecule is CCN1CCN(C2CCN(C(=O)C3CCN(c4nc(C)c5cc(C(C)C)ccc5n4)CC3)CC2)CC1. The van der Waals surface area contributed by atoms with Crippen molar-refractivity contribution < 1.29 is 4.79 Å². The molecule has 0 radical (unpaired) electrons. The normalized spacial score (nSPS) is 21.6. The van der Waals surface area contributed by atoms with Crippen LogP contribution in [0.3, 0.4) is 0 Å². The summed E-state index contributed by atoms with van der Waals surface area (Å²) in [6.45, 7) is 18.2. The number of anilines is 1. The summed E-state index contributed by atoms with van der Waals surface area (Å²) in [5, 5.41) is 1.14. The Morgan fingerprint density at radius 3 is 2.28 bits per heavy atom. The lowest BCUT2D eigenvalue weighted by Gasteiger charge is -2.43. The fraction of sp³-hybridized carbons (Fsp3) is 0.690. The summed E-state index contributed by atoms with van der Waals surface area (Å²) in [5.41, 5.74) is 3.37. The van der Waals surface area contributed by atoms with Crippen LogP contribution in [0.2, 0.25) is 0 Å². The molecule has 0 aliphatic carbocycles. The maximum Gasteiger partial charge on any atom is 0.226 e. The van der Waals surface area contributed by atoms with Gasteiger partial charge in [0.15, 0.2) is 0 Å². The lowest BCUT2D eigenvalue weighted by Crippen LogP contribution is -2.54. The van der Waals surface area contributed by atoms with Crippen LogP contribution in [-0.2, 0) is 4.79 Å². The van der Waals surface area contributed by atoms with Gasteiger partial charge in [0.05, 0.1) is 11.2 Å². The van der Waals surface area contributed by atoms with Crippen LogP contribution in [0.25, 0.3) is 10.9 Å². The van der Waals surface area contributed by atoms with Crippen molar-refractivity contribution in [3.8, 4) is 0 Å². The molecule has 2 aromatic rings. The zero-order valence-electron chi connectivity index (χ0n) is 22.7. The quantitative estimate of drug-likeness (QED) is 0.631. The molecule has 5 rings (SSSR count). The number of aromatic nitrogens is 2. The van der Waals surface area contributed by atoms with Gasteiger partial charge < -0.3 is 14.7 Å². The van der Waals surface area contributed by atoms with Gasteiger partial charge in [-0.3, -0.25) is 9.69 Å². The van der Waals surface area contributed by atoms with Gasteiger partial charge in [-0.1, -0.05) is 26.8 Å². The van der Waals surface area contributed by atoms with E-state index in [9.17, 15) is 4.79 Å². The number of likely N-dealkylation sites (tertiary alicyclic amines) is 1. The number of hydrogen-bond donors (Lipinski definition) is 0. The maximum absolute atomic E-state index is 13.3. The van der Waals surface area contributed by atoms with Crippen molar-refractivity contribution in [2.75, 3.05) is 63.8 Å². The number of carbonyl (C=O) groups is 1. The first kappa shape index (κ1) is 25.4. The molecule has 0 spiro atoms. The molecule has 196 valence electrons. The molecular formula is C29H44N6O. The minimum absolute atomic E-state index is 0.140. The van der Waals surface area contributed by atoms with E-state index in [0.717, 1.165) is 81.0 Å². The Morgan fingerprint density at radius 2 is 1.64 bits per heavy atom. The second-order valence-corrected chi connectivity index (χ2v) is 11.3. The molecule has 0 bridgehead atoms. The van der Waals surface area contributed by atoms with E-state index >= 15 is 0 Å². The van der Waals surface area contributed by atoms with Crippen molar-refractivity contribution in [2.45, 2.75) is 65.3 Å². The number of carbonyl (C=O) groups excluding carboxylic acids is 1. The first-order valence-electron chi connectivity index (χ1n) is 14.2. The zero-order chi connectivity index (χ0) is 25.2. The van der Waals surface area contributed by atoms with Crippen LogP contribution in [0.15, 0.2) is 18.2 Å². The van der Waals surface area contributed by atoms with Crippen LogP contribution in [0.1, 0.15) is 63.6 Å². The summed E-state index contributed by atoms with van der Waals surface area (Å²) in [7, 11) is 0. The van der Waals surface area contributed by atoms with Crippen LogP contribution < -0.4 is 4.90 Å². The third-order valence-corrected chi connectivity index (χ3v) is 8.84. The van der Waals surface area contributed by atoms with Crippen molar-refractivity contribution in [3.63, 3.8) is 0 Å². The molecule has 0 N–H and O–H groups in total. The van der Waals surface area contributed by atoms with Gasteiger partial charge in [0, 0.05) is 69.7 Å². The number of fused-ring (bicyclic) bond motifs is 1. The van der Waals surface area contributed by atoms with Gasteiger partial charge in [-0.25, -0.2) is 9.97 Å². The number of nitrogens with zero attached hydrogens (tertiary/aromatic N) is 6. The second kappa shape index (κ2) is 11.0. The summed E-state index contributed by atoms with van der Waals surface area (Å²) in [4.78, 5) is 32.7. The standard InChI is InChI=1S/C29H44N6O/c1-5-32-16-18-33(19-17-32)25-10-14-34(15-11-25)28(36)23-8-12-35(13-9-23)29-30-22(4)26-20-24(21(2)3)6-7-27(26)31-29/h6-7,20-21,23,25H,5,8-19H2,1-4H3. The number of rotatable bonds is 5. The molecule has 4 heterocycles. The zero-order valence-corrected chi connectivity index (χ0v) is 22.7. The number of piperazine rings is 1. The van der Waals surface area contributed by atoms with E-state index in [1.54, 1.807) is 0 Å². The van der Waals surface area contributed by atoms with E-state index < -0.39 is 0 Å². The Bertz CT molecular complexity index is 1050.